The van der Waals surface area contributed by atoms with Crippen LogP contribution in [0, 0.1) is 0 Å². The minimum Gasteiger partial charge on any atom is -0.462 e. The molecule has 56 heavy (non-hydrogen) atoms. The summed E-state index contributed by atoms with van der Waals surface area (Å²) < 4.78 is 33.3. The predicted molar refractivity (Wildman–Crippen MR) is 206 cm³/mol. The van der Waals surface area contributed by atoms with Crippen molar-refractivity contribution in [1.29, 1.82) is 0 Å². The Labute approximate surface area is 334 Å². The fraction of sp³-hybridized carbons (Fsp3) is 0.951. The van der Waals surface area contributed by atoms with Gasteiger partial charge in [-0.05, 0) is 12.8 Å². The van der Waals surface area contributed by atoms with Crippen molar-refractivity contribution < 1.29 is 73.8 Å². The van der Waals surface area contributed by atoms with Crippen LogP contribution in [-0.4, -0.2) is 142 Å². The lowest BCUT2D eigenvalue weighted by molar-refractivity contribution is -0.332. The summed E-state index contributed by atoms with van der Waals surface area (Å²) in [5, 5.41) is 71.6. The van der Waals surface area contributed by atoms with Crippen molar-refractivity contribution in [2.75, 3.05) is 26.4 Å². The number of ether oxygens (including phenoxy) is 6. The molecule has 0 amide bonds. The number of carbonyl (C=O) groups excluding carboxylic acids is 2. The Kier molecular flexibility index (Phi) is 27.6. The van der Waals surface area contributed by atoms with Crippen molar-refractivity contribution in [3.05, 3.63) is 0 Å². The highest BCUT2D eigenvalue weighted by Crippen LogP contribution is 2.26. The summed E-state index contributed by atoms with van der Waals surface area (Å²) in [5.41, 5.74) is 0. The van der Waals surface area contributed by atoms with Crippen LogP contribution in [0.5, 0.6) is 0 Å². The van der Waals surface area contributed by atoms with Crippen molar-refractivity contribution in [2.45, 2.75) is 223 Å². The molecule has 330 valence electrons. The molecule has 0 aromatic carbocycles. The van der Waals surface area contributed by atoms with Gasteiger partial charge in [0.25, 0.3) is 0 Å². The molecule has 0 aromatic rings. The first-order chi connectivity index (χ1) is 27.0. The van der Waals surface area contributed by atoms with Gasteiger partial charge in [0.05, 0.1) is 19.8 Å². The number of rotatable bonds is 32. The molecule has 0 radical (unpaired) electrons. The lowest BCUT2D eigenvalue weighted by Gasteiger charge is -2.42. The molecular weight excluding hydrogens is 732 g/mol. The fourth-order valence-electron chi connectivity index (χ4n) is 6.92. The number of hydrogen-bond donors (Lipinski definition) is 7. The van der Waals surface area contributed by atoms with E-state index in [-0.39, 0.29) is 26.1 Å². The second-order valence-electron chi connectivity index (χ2n) is 15.5. The third kappa shape index (κ3) is 20.0. The Bertz CT molecular complexity index is 1000. The SMILES string of the molecule is CCCCCCCCCCCCCC(=O)OC(COC(=O)CCCCCCCCCCC)COC1OC(COC2OC(CO)C(O)C(O)C2O)C(O)C(O)C1O. The molecule has 0 aliphatic carbocycles. The van der Waals surface area contributed by atoms with E-state index in [1.165, 1.54) is 77.0 Å². The Morgan fingerprint density at radius 3 is 1.39 bits per heavy atom. The van der Waals surface area contributed by atoms with Gasteiger partial charge in [0.2, 0.25) is 0 Å². The number of aliphatic hydroxyl groups excluding tert-OH is 7. The molecule has 0 bridgehead atoms. The first-order valence-corrected chi connectivity index (χ1v) is 21.6. The smallest absolute Gasteiger partial charge is 0.306 e. The van der Waals surface area contributed by atoms with Crippen LogP contribution in [0.25, 0.3) is 0 Å². The van der Waals surface area contributed by atoms with E-state index in [1.807, 2.05) is 0 Å². The number of aliphatic hydroxyl groups is 7. The zero-order valence-corrected chi connectivity index (χ0v) is 34.1. The average molecular weight is 809 g/mol. The third-order valence-electron chi connectivity index (χ3n) is 10.6. The van der Waals surface area contributed by atoms with Gasteiger partial charge in [0, 0.05) is 12.8 Å². The topological polar surface area (TPSA) is 231 Å². The summed E-state index contributed by atoms with van der Waals surface area (Å²) >= 11 is 0. The van der Waals surface area contributed by atoms with Crippen LogP contribution in [0.15, 0.2) is 0 Å². The highest BCUT2D eigenvalue weighted by molar-refractivity contribution is 5.70. The lowest BCUT2D eigenvalue weighted by Crippen LogP contribution is -2.61. The van der Waals surface area contributed by atoms with Gasteiger partial charge in [-0.1, -0.05) is 129 Å². The average Bonchev–Trinajstić information content (AvgIpc) is 3.19. The van der Waals surface area contributed by atoms with Gasteiger partial charge in [0.1, 0.15) is 55.4 Å². The molecule has 2 rings (SSSR count). The second kappa shape index (κ2) is 30.5. The molecule has 2 fully saturated rings. The molecule has 15 heteroatoms. The second-order valence-corrected chi connectivity index (χ2v) is 15.5. The Balaban J connectivity index is 1.88. The maximum atomic E-state index is 12.9. The molecule has 7 N–H and O–H groups in total. The van der Waals surface area contributed by atoms with Gasteiger partial charge < -0.3 is 64.2 Å². The van der Waals surface area contributed by atoms with E-state index in [2.05, 4.69) is 13.8 Å². The zero-order valence-electron chi connectivity index (χ0n) is 34.1. The van der Waals surface area contributed by atoms with E-state index in [0.717, 1.165) is 38.5 Å². The number of carbonyl (C=O) groups is 2. The van der Waals surface area contributed by atoms with Crippen molar-refractivity contribution in [3.8, 4) is 0 Å². The molecule has 2 aliphatic rings. The molecule has 2 heterocycles. The normalized spacial score (nSPS) is 28.6. The first kappa shape index (κ1) is 50.6. The van der Waals surface area contributed by atoms with Crippen molar-refractivity contribution in [1.82, 2.24) is 0 Å². The van der Waals surface area contributed by atoms with Crippen LogP contribution in [0.4, 0.5) is 0 Å². The summed E-state index contributed by atoms with van der Waals surface area (Å²) in [6, 6.07) is 0. The summed E-state index contributed by atoms with van der Waals surface area (Å²) in [5.74, 6) is -0.923. The summed E-state index contributed by atoms with van der Waals surface area (Å²) in [4.78, 5) is 25.5. The number of unbranched alkanes of at least 4 members (excludes halogenated alkanes) is 18. The van der Waals surface area contributed by atoms with Gasteiger partial charge in [-0.2, -0.15) is 0 Å². The van der Waals surface area contributed by atoms with Crippen LogP contribution in [0.2, 0.25) is 0 Å². The Hall–Kier alpha value is -1.50. The zero-order chi connectivity index (χ0) is 41.1. The molecule has 2 saturated heterocycles. The van der Waals surface area contributed by atoms with E-state index in [4.69, 9.17) is 28.4 Å². The van der Waals surface area contributed by atoms with Crippen LogP contribution in [0.1, 0.15) is 155 Å². The molecule has 2 aliphatic heterocycles. The molecule has 11 unspecified atom stereocenters. The van der Waals surface area contributed by atoms with Crippen LogP contribution in [0.3, 0.4) is 0 Å². The highest BCUT2D eigenvalue weighted by atomic mass is 16.7. The van der Waals surface area contributed by atoms with Gasteiger partial charge >= 0.3 is 11.9 Å². The summed E-state index contributed by atoms with van der Waals surface area (Å²) in [6.07, 6.45) is 5.95. The van der Waals surface area contributed by atoms with E-state index in [1.54, 1.807) is 0 Å². The minimum atomic E-state index is -1.76. The van der Waals surface area contributed by atoms with E-state index < -0.39 is 92.7 Å². The monoisotopic (exact) mass is 809 g/mol. The Morgan fingerprint density at radius 2 is 0.911 bits per heavy atom. The molecular formula is C41H76O15. The molecule has 15 nitrogen and oxygen atoms in total. The van der Waals surface area contributed by atoms with Gasteiger partial charge in [-0.15, -0.1) is 0 Å². The summed E-state index contributed by atoms with van der Waals surface area (Å²) in [6.45, 7) is 2.54. The van der Waals surface area contributed by atoms with Gasteiger partial charge in [-0.3, -0.25) is 9.59 Å². The maximum absolute atomic E-state index is 12.9. The molecule has 0 spiro atoms. The van der Waals surface area contributed by atoms with Crippen molar-refractivity contribution >= 4 is 11.9 Å². The van der Waals surface area contributed by atoms with Crippen LogP contribution in [-0.2, 0) is 38.0 Å². The minimum absolute atomic E-state index is 0.171. The van der Waals surface area contributed by atoms with E-state index >= 15 is 0 Å². The summed E-state index contributed by atoms with van der Waals surface area (Å²) in [7, 11) is 0. The molecule has 0 aromatic heterocycles. The highest BCUT2D eigenvalue weighted by Gasteiger charge is 2.47. The number of hydrogen-bond acceptors (Lipinski definition) is 15. The van der Waals surface area contributed by atoms with Crippen LogP contribution >= 0.6 is 0 Å². The number of esters is 2. The van der Waals surface area contributed by atoms with Crippen molar-refractivity contribution in [2.24, 2.45) is 0 Å². The van der Waals surface area contributed by atoms with Gasteiger partial charge in [-0.25, -0.2) is 0 Å². The fourth-order valence-corrected chi connectivity index (χ4v) is 6.92. The van der Waals surface area contributed by atoms with Crippen LogP contribution < -0.4 is 0 Å². The Morgan fingerprint density at radius 1 is 0.500 bits per heavy atom. The van der Waals surface area contributed by atoms with Gasteiger partial charge in [0.15, 0.2) is 18.7 Å². The first-order valence-electron chi connectivity index (χ1n) is 21.6. The molecule has 0 saturated carbocycles. The maximum Gasteiger partial charge on any atom is 0.306 e. The van der Waals surface area contributed by atoms with Crippen molar-refractivity contribution in [3.63, 3.8) is 0 Å². The van der Waals surface area contributed by atoms with E-state index in [0.29, 0.717) is 12.8 Å². The predicted octanol–water partition coefficient (Wildman–Crippen LogP) is 3.70. The van der Waals surface area contributed by atoms with E-state index in [9.17, 15) is 45.3 Å². The third-order valence-corrected chi connectivity index (χ3v) is 10.6. The quantitative estimate of drug-likeness (QED) is 0.0380. The lowest BCUT2D eigenvalue weighted by atomic mass is 9.98. The largest absolute Gasteiger partial charge is 0.462 e. The molecule has 11 atom stereocenters. The standard InChI is InChI=1S/C41H76O15/c1-3-5-7-9-11-13-14-16-18-20-22-24-33(44)54-29(26-51-32(43)23-21-19-17-15-12-10-8-6-4-2)27-52-40-39(50)37(48)35(46)31(56-40)28-53-41-38(49)36(47)34(45)30(25-42)55-41/h29-31,34-42,45-50H,3-28H2,1-2H3.